The van der Waals surface area contributed by atoms with Gasteiger partial charge in [-0.15, -0.1) is 0 Å². The Labute approximate surface area is 150 Å². The SMILES string of the molecule is CC(=O)ON=C1CNc2cc(Sc3ccc(S(C)(=O)=O)cc3)ccc21. The minimum Gasteiger partial charge on any atom is -0.379 e. The molecular weight excluding hydrogens is 360 g/mol. The van der Waals surface area contributed by atoms with E-state index in [9.17, 15) is 13.2 Å². The van der Waals surface area contributed by atoms with Gasteiger partial charge in [-0.3, -0.25) is 0 Å². The van der Waals surface area contributed by atoms with Gasteiger partial charge in [0, 0.05) is 34.2 Å². The first kappa shape index (κ1) is 17.5. The lowest BCUT2D eigenvalue weighted by atomic mass is 10.1. The molecule has 0 unspecified atom stereocenters. The van der Waals surface area contributed by atoms with E-state index in [2.05, 4.69) is 10.5 Å². The Hall–Kier alpha value is -2.32. The summed E-state index contributed by atoms with van der Waals surface area (Å²) in [7, 11) is -3.19. The molecule has 25 heavy (non-hydrogen) atoms. The van der Waals surface area contributed by atoms with Crippen molar-refractivity contribution in [1.82, 2.24) is 0 Å². The van der Waals surface area contributed by atoms with Gasteiger partial charge in [-0.25, -0.2) is 13.2 Å². The average Bonchev–Trinajstić information content (AvgIpc) is 2.95. The van der Waals surface area contributed by atoms with Crippen LogP contribution >= 0.6 is 11.8 Å². The van der Waals surface area contributed by atoms with Crippen molar-refractivity contribution >= 4 is 39.0 Å². The van der Waals surface area contributed by atoms with Crippen LogP contribution in [0.4, 0.5) is 5.69 Å². The fourth-order valence-corrected chi connectivity index (χ4v) is 3.84. The summed E-state index contributed by atoms with van der Waals surface area (Å²) in [4.78, 5) is 17.8. The van der Waals surface area contributed by atoms with Crippen LogP contribution in [-0.4, -0.2) is 32.9 Å². The monoisotopic (exact) mass is 376 g/mol. The Kier molecular flexibility index (Phi) is 4.82. The largest absolute Gasteiger partial charge is 0.379 e. The van der Waals surface area contributed by atoms with Crippen LogP contribution in [-0.2, 0) is 19.5 Å². The molecule has 0 aliphatic carbocycles. The standard InChI is InChI=1S/C17H16N2O4S2/c1-11(20)23-19-17-10-18-16-9-13(5-8-15(16)17)24-12-3-6-14(7-4-12)25(2,21)22/h3-9,18H,10H2,1-2H3. The van der Waals surface area contributed by atoms with Gasteiger partial charge in [0.05, 0.1) is 11.4 Å². The molecule has 8 heteroatoms. The Balaban J connectivity index is 1.77. The summed E-state index contributed by atoms with van der Waals surface area (Å²) in [6.45, 7) is 1.81. The van der Waals surface area contributed by atoms with Gasteiger partial charge >= 0.3 is 5.97 Å². The number of carbonyl (C=O) groups excluding carboxylic acids is 1. The summed E-state index contributed by atoms with van der Waals surface area (Å²) in [5, 5.41) is 7.07. The summed E-state index contributed by atoms with van der Waals surface area (Å²) >= 11 is 1.53. The highest BCUT2D eigenvalue weighted by molar-refractivity contribution is 7.99. The second-order valence-electron chi connectivity index (χ2n) is 5.53. The van der Waals surface area contributed by atoms with Gasteiger partial charge in [0.25, 0.3) is 0 Å². The van der Waals surface area contributed by atoms with Crippen LogP contribution in [0.5, 0.6) is 0 Å². The quantitative estimate of drug-likeness (QED) is 0.652. The summed E-state index contributed by atoms with van der Waals surface area (Å²) in [6, 6.07) is 12.6. The minimum absolute atomic E-state index is 0.304. The number of hydrogen-bond donors (Lipinski definition) is 1. The predicted octanol–water partition coefficient (Wildman–Crippen LogP) is 2.93. The van der Waals surface area contributed by atoms with Gasteiger partial charge in [-0.05, 0) is 42.5 Å². The zero-order chi connectivity index (χ0) is 18.0. The maximum absolute atomic E-state index is 11.5. The number of benzene rings is 2. The van der Waals surface area contributed by atoms with Crippen molar-refractivity contribution < 1.29 is 18.0 Å². The number of oxime groups is 1. The van der Waals surface area contributed by atoms with Crippen molar-refractivity contribution in [3.05, 3.63) is 48.0 Å². The molecule has 0 bridgehead atoms. The highest BCUT2D eigenvalue weighted by Crippen LogP contribution is 2.33. The van der Waals surface area contributed by atoms with Crippen molar-refractivity contribution in [3.8, 4) is 0 Å². The number of hydrogen-bond acceptors (Lipinski definition) is 7. The normalized spacial score (nSPS) is 14.9. The van der Waals surface area contributed by atoms with E-state index in [-0.39, 0.29) is 0 Å². The van der Waals surface area contributed by atoms with Crippen molar-refractivity contribution in [2.45, 2.75) is 21.6 Å². The van der Waals surface area contributed by atoms with E-state index in [1.165, 1.54) is 24.9 Å². The molecule has 0 saturated carbocycles. The highest BCUT2D eigenvalue weighted by Gasteiger charge is 2.18. The van der Waals surface area contributed by atoms with Gasteiger partial charge in [0.15, 0.2) is 9.84 Å². The Morgan fingerprint density at radius 3 is 2.48 bits per heavy atom. The lowest BCUT2D eigenvalue weighted by Crippen LogP contribution is -2.05. The third-order valence-electron chi connectivity index (χ3n) is 3.52. The van der Waals surface area contributed by atoms with Gasteiger partial charge in [0.2, 0.25) is 0 Å². The van der Waals surface area contributed by atoms with Gasteiger partial charge in [0.1, 0.15) is 5.71 Å². The molecule has 2 aromatic carbocycles. The molecule has 130 valence electrons. The minimum atomic E-state index is -3.19. The zero-order valence-electron chi connectivity index (χ0n) is 13.6. The van der Waals surface area contributed by atoms with E-state index in [1.807, 2.05) is 18.2 Å². The van der Waals surface area contributed by atoms with E-state index in [0.717, 1.165) is 21.0 Å². The molecule has 0 saturated heterocycles. The number of nitrogens with zero attached hydrogens (tertiary/aromatic N) is 1. The first-order chi connectivity index (χ1) is 11.8. The Morgan fingerprint density at radius 2 is 1.84 bits per heavy atom. The van der Waals surface area contributed by atoms with Gasteiger partial charge < -0.3 is 10.2 Å². The third-order valence-corrected chi connectivity index (χ3v) is 5.65. The molecular formula is C17H16N2O4S2. The molecule has 6 nitrogen and oxygen atoms in total. The van der Waals surface area contributed by atoms with Crippen LogP contribution in [0.3, 0.4) is 0 Å². The maximum Gasteiger partial charge on any atom is 0.331 e. The summed E-state index contributed by atoms with van der Waals surface area (Å²) < 4.78 is 23.0. The van der Waals surface area contributed by atoms with Crippen molar-refractivity contribution in [2.24, 2.45) is 5.16 Å². The average molecular weight is 376 g/mol. The van der Waals surface area contributed by atoms with Crippen molar-refractivity contribution in [2.75, 3.05) is 18.1 Å². The Bertz CT molecular complexity index is 951. The summed E-state index contributed by atoms with van der Waals surface area (Å²) in [6.07, 6.45) is 1.19. The molecule has 3 rings (SSSR count). The molecule has 0 amide bonds. The van der Waals surface area contributed by atoms with Crippen LogP contribution in [0.2, 0.25) is 0 Å². The molecule has 0 aromatic heterocycles. The van der Waals surface area contributed by atoms with E-state index in [4.69, 9.17) is 4.84 Å². The number of carbonyl (C=O) groups is 1. The second-order valence-corrected chi connectivity index (χ2v) is 8.69. The second kappa shape index (κ2) is 6.89. The van der Waals surface area contributed by atoms with E-state index >= 15 is 0 Å². The highest BCUT2D eigenvalue weighted by atomic mass is 32.2. The molecule has 1 aliphatic heterocycles. The lowest BCUT2D eigenvalue weighted by Gasteiger charge is -2.06. The summed E-state index contributed by atoms with van der Waals surface area (Å²) in [5.41, 5.74) is 2.50. The number of sulfone groups is 1. The lowest BCUT2D eigenvalue weighted by molar-refractivity contribution is -0.140. The van der Waals surface area contributed by atoms with Crippen LogP contribution in [0.25, 0.3) is 0 Å². The zero-order valence-corrected chi connectivity index (χ0v) is 15.3. The fraction of sp³-hybridized carbons (Fsp3) is 0.176. The smallest absolute Gasteiger partial charge is 0.331 e. The topological polar surface area (TPSA) is 84.8 Å². The number of rotatable bonds is 4. The van der Waals surface area contributed by atoms with E-state index in [1.54, 1.807) is 24.3 Å². The van der Waals surface area contributed by atoms with Crippen molar-refractivity contribution in [1.29, 1.82) is 0 Å². The number of nitrogens with one attached hydrogen (secondary N) is 1. The van der Waals surface area contributed by atoms with E-state index < -0.39 is 15.8 Å². The molecule has 2 aromatic rings. The maximum atomic E-state index is 11.5. The van der Waals surface area contributed by atoms with Crippen LogP contribution in [0.15, 0.2) is 62.3 Å². The first-order valence-corrected chi connectivity index (χ1v) is 10.1. The Morgan fingerprint density at radius 1 is 1.16 bits per heavy atom. The number of fused-ring (bicyclic) bond motifs is 1. The molecule has 0 spiro atoms. The molecule has 1 N–H and O–H groups in total. The van der Waals surface area contributed by atoms with Crippen LogP contribution in [0, 0.1) is 0 Å². The predicted molar refractivity (Wildman–Crippen MR) is 96.9 cm³/mol. The molecule has 0 fully saturated rings. The first-order valence-electron chi connectivity index (χ1n) is 7.43. The number of anilines is 1. The molecule has 1 heterocycles. The molecule has 0 radical (unpaired) electrons. The fourth-order valence-electron chi connectivity index (χ4n) is 2.35. The van der Waals surface area contributed by atoms with E-state index in [0.29, 0.717) is 17.2 Å². The molecule has 1 aliphatic rings. The summed E-state index contributed by atoms with van der Waals surface area (Å²) in [5.74, 6) is -0.453. The van der Waals surface area contributed by atoms with Crippen molar-refractivity contribution in [3.63, 3.8) is 0 Å². The van der Waals surface area contributed by atoms with Gasteiger partial charge in [-0.2, -0.15) is 0 Å². The third kappa shape index (κ3) is 4.21. The van der Waals surface area contributed by atoms with Gasteiger partial charge in [-0.1, -0.05) is 16.9 Å². The van der Waals surface area contributed by atoms with Crippen LogP contribution in [0.1, 0.15) is 12.5 Å². The molecule has 0 atom stereocenters. The van der Waals surface area contributed by atoms with Crippen LogP contribution < -0.4 is 5.32 Å².